The first-order valence-electron chi connectivity index (χ1n) is 9.83. The average molecular weight is 413 g/mol. The number of nitrogens with zero attached hydrogens (tertiary/aromatic N) is 4. The van der Waals surface area contributed by atoms with Gasteiger partial charge in [-0.15, -0.1) is 5.10 Å². The van der Waals surface area contributed by atoms with Crippen LogP contribution in [0.2, 0.25) is 0 Å². The number of carbonyl (C=O) groups is 1. The lowest BCUT2D eigenvalue weighted by molar-refractivity contribution is 0.102. The summed E-state index contributed by atoms with van der Waals surface area (Å²) >= 11 is 1.36. The number of aromatic nitrogens is 4. The van der Waals surface area contributed by atoms with Gasteiger partial charge in [-0.2, -0.15) is 4.68 Å². The van der Waals surface area contributed by atoms with Crippen LogP contribution in [-0.2, 0) is 6.42 Å². The standard InChI is InChI=1S/C24H20N4OS/c1-15-7-10-22(16(2)11-15)28-24(25-26-27-28)30-14-23(29)19-9-8-18-12-17-5-3-4-6-20(17)21(18)13-19/h3-11,13H,12,14H2,1-2H3. The van der Waals surface area contributed by atoms with Crippen LogP contribution in [-0.4, -0.2) is 31.7 Å². The predicted molar refractivity (Wildman–Crippen MR) is 118 cm³/mol. The third-order valence-corrected chi connectivity index (χ3v) is 6.39. The molecule has 0 radical (unpaired) electrons. The van der Waals surface area contributed by atoms with E-state index in [-0.39, 0.29) is 11.5 Å². The molecular weight excluding hydrogens is 392 g/mol. The normalized spacial score (nSPS) is 11.9. The van der Waals surface area contributed by atoms with Gasteiger partial charge >= 0.3 is 0 Å². The number of aryl methyl sites for hydroxylation is 2. The molecule has 148 valence electrons. The molecule has 0 N–H and O–H groups in total. The molecule has 1 aromatic heterocycles. The molecule has 0 aliphatic heterocycles. The first-order valence-corrected chi connectivity index (χ1v) is 10.8. The van der Waals surface area contributed by atoms with E-state index in [1.807, 2.05) is 37.3 Å². The zero-order valence-electron chi connectivity index (χ0n) is 16.8. The second-order valence-corrected chi connectivity index (χ2v) is 8.52. The van der Waals surface area contributed by atoms with Crippen LogP contribution in [0.1, 0.15) is 32.6 Å². The lowest BCUT2D eigenvalue weighted by Gasteiger charge is -2.08. The minimum atomic E-state index is 0.0716. The molecule has 5 rings (SSSR count). The monoisotopic (exact) mass is 412 g/mol. The number of Topliss-reactive ketones (excluding diaryl/α,β-unsaturated/α-hetero) is 1. The Labute approximate surface area is 179 Å². The summed E-state index contributed by atoms with van der Waals surface area (Å²) in [7, 11) is 0. The smallest absolute Gasteiger partial charge is 0.214 e. The maximum atomic E-state index is 12.9. The van der Waals surface area contributed by atoms with Crippen molar-refractivity contribution in [2.45, 2.75) is 25.4 Å². The van der Waals surface area contributed by atoms with Gasteiger partial charge in [0.1, 0.15) is 0 Å². The maximum Gasteiger partial charge on any atom is 0.214 e. The second-order valence-electron chi connectivity index (χ2n) is 7.58. The Balaban J connectivity index is 1.36. The Morgan fingerprint density at radius 2 is 1.83 bits per heavy atom. The number of thioether (sulfide) groups is 1. The molecule has 0 bridgehead atoms. The fourth-order valence-corrected chi connectivity index (χ4v) is 4.75. The summed E-state index contributed by atoms with van der Waals surface area (Å²) in [6, 6.07) is 20.6. The van der Waals surface area contributed by atoms with Crippen molar-refractivity contribution in [2.75, 3.05) is 5.75 Å². The van der Waals surface area contributed by atoms with E-state index in [9.17, 15) is 4.79 Å². The van der Waals surface area contributed by atoms with Crippen LogP contribution in [0.5, 0.6) is 0 Å². The molecule has 0 saturated carbocycles. The van der Waals surface area contributed by atoms with Crippen molar-refractivity contribution in [3.8, 4) is 16.8 Å². The highest BCUT2D eigenvalue weighted by Gasteiger charge is 2.20. The molecule has 5 nitrogen and oxygen atoms in total. The van der Waals surface area contributed by atoms with Crippen LogP contribution in [0.15, 0.2) is 65.8 Å². The van der Waals surface area contributed by atoms with Gasteiger partial charge in [-0.3, -0.25) is 4.79 Å². The number of benzene rings is 3. The van der Waals surface area contributed by atoms with E-state index in [4.69, 9.17) is 0 Å². The number of hydrogen-bond acceptors (Lipinski definition) is 5. The van der Waals surface area contributed by atoms with E-state index < -0.39 is 0 Å². The summed E-state index contributed by atoms with van der Waals surface area (Å²) in [6.07, 6.45) is 0.930. The number of ketones is 1. The first-order chi connectivity index (χ1) is 14.6. The van der Waals surface area contributed by atoms with Gasteiger partial charge in [0.25, 0.3) is 0 Å². The summed E-state index contributed by atoms with van der Waals surface area (Å²) in [4.78, 5) is 12.9. The molecule has 0 unspecified atom stereocenters. The minimum Gasteiger partial charge on any atom is -0.293 e. The average Bonchev–Trinajstić information content (AvgIpc) is 3.36. The van der Waals surface area contributed by atoms with Crippen LogP contribution in [0.4, 0.5) is 0 Å². The molecule has 1 aliphatic carbocycles. The Morgan fingerprint density at radius 3 is 2.70 bits per heavy atom. The van der Waals surface area contributed by atoms with Gasteiger partial charge in [-0.1, -0.05) is 65.9 Å². The van der Waals surface area contributed by atoms with Gasteiger partial charge in [0, 0.05) is 5.56 Å². The molecule has 4 aromatic rings. The Kier molecular flexibility index (Phi) is 4.71. The van der Waals surface area contributed by atoms with Crippen molar-refractivity contribution in [3.63, 3.8) is 0 Å². The van der Waals surface area contributed by atoms with Gasteiger partial charge in [0.15, 0.2) is 5.78 Å². The fourth-order valence-electron chi connectivity index (χ4n) is 3.97. The van der Waals surface area contributed by atoms with Crippen molar-refractivity contribution < 1.29 is 4.79 Å². The Bertz CT molecular complexity index is 1280. The third-order valence-electron chi connectivity index (χ3n) is 5.47. The highest BCUT2D eigenvalue weighted by atomic mass is 32.2. The molecule has 0 spiro atoms. The molecule has 1 aliphatic rings. The lowest BCUT2D eigenvalue weighted by Crippen LogP contribution is -2.06. The highest BCUT2D eigenvalue weighted by Crippen LogP contribution is 2.37. The number of tetrazole rings is 1. The van der Waals surface area contributed by atoms with Gasteiger partial charge in [-0.05, 0) is 70.6 Å². The second kappa shape index (κ2) is 7.54. The van der Waals surface area contributed by atoms with Crippen molar-refractivity contribution in [1.82, 2.24) is 20.2 Å². The quantitative estimate of drug-likeness (QED) is 0.306. The molecule has 30 heavy (non-hydrogen) atoms. The molecular formula is C24H20N4OS. The van der Waals surface area contributed by atoms with Crippen LogP contribution >= 0.6 is 11.8 Å². The van der Waals surface area contributed by atoms with Crippen molar-refractivity contribution in [3.05, 3.63) is 88.5 Å². The summed E-state index contributed by atoms with van der Waals surface area (Å²) < 4.78 is 1.70. The number of rotatable bonds is 5. The van der Waals surface area contributed by atoms with E-state index in [1.54, 1.807) is 4.68 Å². The van der Waals surface area contributed by atoms with E-state index in [0.717, 1.165) is 23.2 Å². The maximum absolute atomic E-state index is 12.9. The van der Waals surface area contributed by atoms with Gasteiger partial charge < -0.3 is 0 Å². The van der Waals surface area contributed by atoms with Crippen LogP contribution in [0.25, 0.3) is 16.8 Å². The number of fused-ring (bicyclic) bond motifs is 3. The lowest BCUT2D eigenvalue weighted by atomic mass is 10.0. The minimum absolute atomic E-state index is 0.0716. The summed E-state index contributed by atoms with van der Waals surface area (Å²) in [5.74, 6) is 0.355. The Morgan fingerprint density at radius 1 is 1.00 bits per heavy atom. The Hall–Kier alpha value is -3.25. The summed E-state index contributed by atoms with van der Waals surface area (Å²) in [6.45, 7) is 4.09. The predicted octanol–water partition coefficient (Wildman–Crippen LogP) is 4.83. The van der Waals surface area contributed by atoms with E-state index in [1.165, 1.54) is 39.6 Å². The van der Waals surface area contributed by atoms with E-state index >= 15 is 0 Å². The van der Waals surface area contributed by atoms with Crippen LogP contribution < -0.4 is 0 Å². The van der Waals surface area contributed by atoms with Crippen LogP contribution in [0.3, 0.4) is 0 Å². The molecule has 0 fully saturated rings. The van der Waals surface area contributed by atoms with Crippen LogP contribution in [0, 0.1) is 13.8 Å². The van der Waals surface area contributed by atoms with Crippen molar-refractivity contribution >= 4 is 17.5 Å². The van der Waals surface area contributed by atoms with Gasteiger partial charge in [0.2, 0.25) is 5.16 Å². The summed E-state index contributed by atoms with van der Waals surface area (Å²) in [5.41, 5.74) is 8.92. The van der Waals surface area contributed by atoms with E-state index in [0.29, 0.717) is 5.16 Å². The SMILES string of the molecule is Cc1ccc(-n2nnnc2SCC(=O)c2ccc3c(c2)-c2ccccc2C3)c(C)c1. The molecule has 0 atom stereocenters. The molecule has 1 heterocycles. The van der Waals surface area contributed by atoms with Crippen molar-refractivity contribution in [1.29, 1.82) is 0 Å². The third kappa shape index (κ3) is 3.33. The topological polar surface area (TPSA) is 60.7 Å². The van der Waals surface area contributed by atoms with E-state index in [2.05, 4.69) is 52.8 Å². The number of hydrogen-bond donors (Lipinski definition) is 0. The zero-order valence-corrected chi connectivity index (χ0v) is 17.6. The number of carbonyl (C=O) groups excluding carboxylic acids is 1. The fraction of sp³-hybridized carbons (Fsp3) is 0.167. The molecule has 0 amide bonds. The molecule has 3 aromatic carbocycles. The largest absolute Gasteiger partial charge is 0.293 e. The first kappa shape index (κ1) is 18.8. The van der Waals surface area contributed by atoms with Gasteiger partial charge in [0.05, 0.1) is 11.4 Å². The highest BCUT2D eigenvalue weighted by molar-refractivity contribution is 7.99. The summed E-state index contributed by atoms with van der Waals surface area (Å²) in [5, 5.41) is 12.7. The molecule has 0 saturated heterocycles. The van der Waals surface area contributed by atoms with Gasteiger partial charge in [-0.25, -0.2) is 0 Å². The van der Waals surface area contributed by atoms with Crippen molar-refractivity contribution in [2.24, 2.45) is 0 Å². The zero-order chi connectivity index (χ0) is 20.7. The molecule has 6 heteroatoms.